The maximum atomic E-state index is 5.97. The van der Waals surface area contributed by atoms with Crippen LogP contribution < -0.4 is 0 Å². The van der Waals surface area contributed by atoms with Gasteiger partial charge >= 0.3 is 0 Å². The Morgan fingerprint density at radius 2 is 1.00 bits per heavy atom. The Bertz CT molecular complexity index is 736. The minimum Gasteiger partial charge on any atom is -0.0985 e. The Kier molecular flexibility index (Phi) is 4.33. The summed E-state index contributed by atoms with van der Waals surface area (Å²) in [6, 6.07) is 22.1. The molecule has 22 heavy (non-hydrogen) atoms. The highest BCUT2D eigenvalue weighted by Crippen LogP contribution is 2.30. The topological polar surface area (TPSA) is 0 Å². The first-order valence-electron chi connectivity index (χ1n) is 6.95. The zero-order valence-electron chi connectivity index (χ0n) is 11.9. The third-order valence-electron chi connectivity index (χ3n) is 3.55. The fourth-order valence-corrected chi connectivity index (χ4v) is 2.64. The zero-order chi connectivity index (χ0) is 15.5. The van der Waals surface area contributed by atoms with Gasteiger partial charge in [-0.05, 0) is 70.3 Å². The standard InChI is InChI=1S/C20H14Cl2/c1-2-14-11-17(15-3-7-19(21)8-4-15)13-18(12-14)16-5-9-20(22)10-6-16/h2-13H,1H2. The molecule has 0 aliphatic rings. The van der Waals surface area contributed by atoms with E-state index in [9.17, 15) is 0 Å². The van der Waals surface area contributed by atoms with Crippen molar-refractivity contribution in [3.63, 3.8) is 0 Å². The number of halogens is 2. The molecule has 0 fully saturated rings. The summed E-state index contributed by atoms with van der Waals surface area (Å²) < 4.78 is 0. The highest BCUT2D eigenvalue weighted by molar-refractivity contribution is 6.30. The number of benzene rings is 3. The van der Waals surface area contributed by atoms with Crippen LogP contribution in [0.4, 0.5) is 0 Å². The minimum atomic E-state index is 0.738. The van der Waals surface area contributed by atoms with Gasteiger partial charge in [0.1, 0.15) is 0 Å². The molecule has 108 valence electrons. The van der Waals surface area contributed by atoms with Crippen LogP contribution in [0.25, 0.3) is 28.3 Å². The third kappa shape index (κ3) is 3.24. The maximum Gasteiger partial charge on any atom is 0.0406 e. The Morgan fingerprint density at radius 3 is 1.36 bits per heavy atom. The summed E-state index contributed by atoms with van der Waals surface area (Å²) in [4.78, 5) is 0. The van der Waals surface area contributed by atoms with Crippen molar-refractivity contribution in [2.24, 2.45) is 0 Å². The first-order chi connectivity index (χ1) is 10.7. The van der Waals surface area contributed by atoms with Crippen LogP contribution in [0.5, 0.6) is 0 Å². The Labute approximate surface area is 140 Å². The SMILES string of the molecule is C=Cc1cc(-c2ccc(Cl)cc2)cc(-c2ccc(Cl)cc2)c1. The highest BCUT2D eigenvalue weighted by atomic mass is 35.5. The van der Waals surface area contributed by atoms with E-state index >= 15 is 0 Å². The highest BCUT2D eigenvalue weighted by Gasteiger charge is 2.05. The lowest BCUT2D eigenvalue weighted by atomic mass is 9.96. The molecule has 3 aromatic rings. The quantitative estimate of drug-likeness (QED) is 0.488. The van der Waals surface area contributed by atoms with E-state index in [1.165, 1.54) is 0 Å². The summed E-state index contributed by atoms with van der Waals surface area (Å²) in [5, 5.41) is 1.48. The molecule has 2 heteroatoms. The molecule has 0 aliphatic heterocycles. The molecule has 0 amide bonds. The van der Waals surface area contributed by atoms with Gasteiger partial charge in [0.05, 0.1) is 0 Å². The average Bonchev–Trinajstić information content (AvgIpc) is 2.55. The molecule has 0 saturated heterocycles. The van der Waals surface area contributed by atoms with Crippen LogP contribution in [0, 0.1) is 0 Å². The average molecular weight is 325 g/mol. The van der Waals surface area contributed by atoms with Crippen LogP contribution in [0.15, 0.2) is 73.3 Å². The lowest BCUT2D eigenvalue weighted by Crippen LogP contribution is -1.84. The van der Waals surface area contributed by atoms with Crippen molar-refractivity contribution in [3.05, 3.63) is 88.9 Å². The summed E-state index contributed by atoms with van der Waals surface area (Å²) in [6.07, 6.45) is 1.86. The van der Waals surface area contributed by atoms with Gasteiger partial charge in [-0.1, -0.05) is 60.1 Å². The van der Waals surface area contributed by atoms with E-state index in [2.05, 4.69) is 24.8 Å². The zero-order valence-corrected chi connectivity index (χ0v) is 13.4. The molecular weight excluding hydrogens is 311 g/mol. The molecule has 0 bridgehead atoms. The Balaban J connectivity index is 2.12. The molecule has 0 aliphatic carbocycles. The van der Waals surface area contributed by atoms with Gasteiger partial charge < -0.3 is 0 Å². The Hall–Kier alpha value is -2.02. The normalized spacial score (nSPS) is 10.5. The van der Waals surface area contributed by atoms with Gasteiger partial charge in [-0.2, -0.15) is 0 Å². The predicted molar refractivity (Wildman–Crippen MR) is 97.4 cm³/mol. The molecule has 0 heterocycles. The maximum absolute atomic E-state index is 5.97. The summed E-state index contributed by atoms with van der Waals surface area (Å²) in [5.74, 6) is 0. The summed E-state index contributed by atoms with van der Waals surface area (Å²) in [5.41, 5.74) is 5.61. The molecule has 0 aromatic heterocycles. The van der Waals surface area contributed by atoms with Crippen molar-refractivity contribution in [2.75, 3.05) is 0 Å². The molecule has 3 rings (SSSR count). The summed E-state index contributed by atoms with van der Waals surface area (Å²) in [7, 11) is 0. The second-order valence-electron chi connectivity index (χ2n) is 5.06. The van der Waals surface area contributed by atoms with Gasteiger partial charge in [0.2, 0.25) is 0 Å². The van der Waals surface area contributed by atoms with Gasteiger partial charge in [-0.15, -0.1) is 0 Å². The fraction of sp³-hybridized carbons (Fsp3) is 0. The molecular formula is C20H14Cl2. The van der Waals surface area contributed by atoms with Crippen molar-refractivity contribution in [2.45, 2.75) is 0 Å². The van der Waals surface area contributed by atoms with Gasteiger partial charge in [0, 0.05) is 10.0 Å². The first-order valence-corrected chi connectivity index (χ1v) is 7.71. The van der Waals surface area contributed by atoms with E-state index < -0.39 is 0 Å². The molecule has 0 atom stereocenters. The van der Waals surface area contributed by atoms with E-state index in [1.807, 2.05) is 54.6 Å². The van der Waals surface area contributed by atoms with Crippen LogP contribution in [-0.4, -0.2) is 0 Å². The van der Waals surface area contributed by atoms with Gasteiger partial charge in [-0.3, -0.25) is 0 Å². The van der Waals surface area contributed by atoms with Crippen LogP contribution in [0.2, 0.25) is 10.0 Å². The molecule has 0 spiro atoms. The molecule has 3 aromatic carbocycles. The lowest BCUT2D eigenvalue weighted by Gasteiger charge is -2.09. The lowest BCUT2D eigenvalue weighted by molar-refractivity contribution is 1.57. The van der Waals surface area contributed by atoms with E-state index in [-0.39, 0.29) is 0 Å². The number of rotatable bonds is 3. The van der Waals surface area contributed by atoms with Gasteiger partial charge in [0.25, 0.3) is 0 Å². The van der Waals surface area contributed by atoms with E-state index in [0.717, 1.165) is 37.9 Å². The van der Waals surface area contributed by atoms with E-state index in [0.29, 0.717) is 0 Å². The summed E-state index contributed by atoms with van der Waals surface area (Å²) >= 11 is 11.9. The predicted octanol–water partition coefficient (Wildman–Crippen LogP) is 6.97. The Morgan fingerprint density at radius 1 is 0.591 bits per heavy atom. The van der Waals surface area contributed by atoms with Gasteiger partial charge in [0.15, 0.2) is 0 Å². The monoisotopic (exact) mass is 324 g/mol. The van der Waals surface area contributed by atoms with Crippen molar-refractivity contribution in [3.8, 4) is 22.3 Å². The fourth-order valence-electron chi connectivity index (χ4n) is 2.39. The van der Waals surface area contributed by atoms with Crippen LogP contribution in [0.1, 0.15) is 5.56 Å². The molecule has 0 nitrogen and oxygen atoms in total. The largest absolute Gasteiger partial charge is 0.0985 e. The molecule has 0 radical (unpaired) electrons. The van der Waals surface area contributed by atoms with Crippen molar-refractivity contribution < 1.29 is 0 Å². The third-order valence-corrected chi connectivity index (χ3v) is 4.05. The van der Waals surface area contributed by atoms with Crippen molar-refractivity contribution in [1.29, 1.82) is 0 Å². The van der Waals surface area contributed by atoms with Crippen LogP contribution in [0.3, 0.4) is 0 Å². The van der Waals surface area contributed by atoms with Gasteiger partial charge in [-0.25, -0.2) is 0 Å². The molecule has 0 N–H and O–H groups in total. The van der Waals surface area contributed by atoms with Crippen LogP contribution >= 0.6 is 23.2 Å². The van der Waals surface area contributed by atoms with Crippen molar-refractivity contribution >= 4 is 29.3 Å². The first kappa shape index (κ1) is 14.9. The van der Waals surface area contributed by atoms with E-state index in [1.54, 1.807) is 0 Å². The second kappa shape index (κ2) is 6.39. The second-order valence-corrected chi connectivity index (χ2v) is 5.93. The molecule has 0 saturated carbocycles. The minimum absolute atomic E-state index is 0.738. The van der Waals surface area contributed by atoms with Crippen LogP contribution in [-0.2, 0) is 0 Å². The summed E-state index contributed by atoms with van der Waals surface area (Å²) in [6.45, 7) is 3.89. The number of hydrogen-bond donors (Lipinski definition) is 0. The smallest absolute Gasteiger partial charge is 0.0406 e. The molecule has 0 unspecified atom stereocenters. The number of hydrogen-bond acceptors (Lipinski definition) is 0. The van der Waals surface area contributed by atoms with E-state index in [4.69, 9.17) is 23.2 Å². The van der Waals surface area contributed by atoms with Crippen molar-refractivity contribution in [1.82, 2.24) is 0 Å².